The molecule has 3 aromatic rings. The Bertz CT molecular complexity index is 944. The molecule has 2 aliphatic rings. The van der Waals surface area contributed by atoms with Gasteiger partial charge in [-0.2, -0.15) is 11.3 Å². The molecule has 5 rings (SSSR count). The van der Waals surface area contributed by atoms with E-state index >= 15 is 0 Å². The molecule has 0 atom stereocenters. The van der Waals surface area contributed by atoms with E-state index in [0.717, 1.165) is 28.3 Å². The second kappa shape index (κ2) is 6.26. The summed E-state index contributed by atoms with van der Waals surface area (Å²) in [4.78, 5) is 21.6. The lowest BCUT2D eigenvalue weighted by atomic mass is 10.1. The zero-order valence-corrected chi connectivity index (χ0v) is 15.0. The molecule has 0 unspecified atom stereocenters. The van der Waals surface area contributed by atoms with E-state index in [9.17, 15) is 4.79 Å². The highest BCUT2D eigenvalue weighted by Crippen LogP contribution is 2.39. The highest BCUT2D eigenvalue weighted by atomic mass is 32.1. The molecule has 0 N–H and O–H groups in total. The van der Waals surface area contributed by atoms with E-state index < -0.39 is 0 Å². The molecule has 1 saturated heterocycles. The van der Waals surface area contributed by atoms with Crippen molar-refractivity contribution in [3.05, 3.63) is 47.3 Å². The fourth-order valence-electron chi connectivity index (χ4n) is 3.59. The number of hydrogen-bond donors (Lipinski definition) is 0. The van der Waals surface area contributed by atoms with Gasteiger partial charge in [-0.1, -0.05) is 18.2 Å². The molecule has 7 heteroatoms. The lowest BCUT2D eigenvalue weighted by Gasteiger charge is -2.36. The van der Waals surface area contributed by atoms with Gasteiger partial charge in [0.15, 0.2) is 0 Å². The topological polar surface area (TPSA) is 50.6 Å². The number of carbonyl (C=O) groups is 1. The van der Waals surface area contributed by atoms with E-state index in [-0.39, 0.29) is 6.03 Å². The summed E-state index contributed by atoms with van der Waals surface area (Å²) in [5.41, 5.74) is 4.11. The highest BCUT2D eigenvalue weighted by molar-refractivity contribution is 7.08. The highest BCUT2D eigenvalue weighted by Gasteiger charge is 2.31. The normalized spacial score (nSPS) is 16.3. The summed E-state index contributed by atoms with van der Waals surface area (Å²) in [6.45, 7) is 2.92. The molecule has 1 fully saturated rings. The summed E-state index contributed by atoms with van der Waals surface area (Å²) < 4.78 is 7.52. The average molecular weight is 366 g/mol. The predicted molar refractivity (Wildman–Crippen MR) is 101 cm³/mol. The minimum absolute atomic E-state index is 0.0244. The Balaban J connectivity index is 1.59. The number of anilines is 1. The molecular formula is C19H18N4O2S. The first-order valence-electron chi connectivity index (χ1n) is 8.64. The van der Waals surface area contributed by atoms with Crippen molar-refractivity contribution in [1.29, 1.82) is 0 Å². The van der Waals surface area contributed by atoms with Crippen LogP contribution in [0.3, 0.4) is 0 Å². The minimum Gasteiger partial charge on any atom is -0.378 e. The largest absolute Gasteiger partial charge is 0.378 e. The summed E-state index contributed by atoms with van der Waals surface area (Å²) in [5.74, 6) is 0.899. The maximum absolute atomic E-state index is 13.2. The van der Waals surface area contributed by atoms with Crippen molar-refractivity contribution >= 4 is 23.1 Å². The van der Waals surface area contributed by atoms with Crippen LogP contribution in [0.25, 0.3) is 22.6 Å². The summed E-state index contributed by atoms with van der Waals surface area (Å²) in [6, 6.07) is 10.1. The van der Waals surface area contributed by atoms with E-state index in [1.807, 2.05) is 39.6 Å². The summed E-state index contributed by atoms with van der Waals surface area (Å²) >= 11 is 1.65. The van der Waals surface area contributed by atoms with Crippen molar-refractivity contribution in [3.63, 3.8) is 0 Å². The molecule has 2 aliphatic heterocycles. The second-order valence-electron chi connectivity index (χ2n) is 6.38. The van der Waals surface area contributed by atoms with Crippen LogP contribution in [-0.2, 0) is 11.4 Å². The van der Waals surface area contributed by atoms with Crippen molar-refractivity contribution in [2.45, 2.75) is 6.67 Å². The fraction of sp³-hybridized carbons (Fsp3) is 0.263. The molecule has 132 valence electrons. The average Bonchev–Trinajstić information content (AvgIpc) is 3.37. The van der Waals surface area contributed by atoms with Gasteiger partial charge in [-0.05, 0) is 17.5 Å². The third kappa shape index (κ3) is 2.43. The molecule has 0 saturated carbocycles. The number of morpholine rings is 1. The minimum atomic E-state index is 0.0244. The quantitative estimate of drug-likeness (QED) is 0.662. The van der Waals surface area contributed by atoms with Crippen molar-refractivity contribution in [2.75, 3.05) is 31.2 Å². The number of para-hydroxylation sites is 1. The van der Waals surface area contributed by atoms with Gasteiger partial charge in [0.05, 0.1) is 30.8 Å². The zero-order valence-electron chi connectivity index (χ0n) is 14.2. The first kappa shape index (κ1) is 15.6. The van der Waals surface area contributed by atoms with Crippen molar-refractivity contribution in [3.8, 4) is 22.6 Å². The number of hydrogen-bond acceptors (Lipinski definition) is 4. The van der Waals surface area contributed by atoms with E-state index in [1.54, 1.807) is 11.3 Å². The first-order valence-corrected chi connectivity index (χ1v) is 9.59. The van der Waals surface area contributed by atoms with Gasteiger partial charge >= 0.3 is 6.03 Å². The smallest absolute Gasteiger partial charge is 0.326 e. The van der Waals surface area contributed by atoms with Crippen LogP contribution in [0, 0.1) is 0 Å². The molecule has 2 aromatic heterocycles. The standard InChI is InChI=1S/C19H18N4O2S/c24-19(21-6-8-25-9-7-21)23-13-22-17(15-3-1-2-4-16(15)23)11-20-18(22)14-5-10-26-12-14/h1-5,10-12H,6-9,13H2. The van der Waals surface area contributed by atoms with E-state index in [1.165, 1.54) is 0 Å². The van der Waals surface area contributed by atoms with Crippen molar-refractivity contribution in [2.24, 2.45) is 0 Å². The lowest BCUT2D eigenvalue weighted by molar-refractivity contribution is 0.0545. The van der Waals surface area contributed by atoms with Gasteiger partial charge in [0.2, 0.25) is 0 Å². The number of imidazole rings is 1. The monoisotopic (exact) mass is 366 g/mol. The molecule has 0 radical (unpaired) electrons. The maximum atomic E-state index is 13.2. The van der Waals surface area contributed by atoms with Gasteiger partial charge in [0, 0.05) is 29.6 Å². The number of nitrogens with zero attached hydrogens (tertiary/aromatic N) is 4. The molecule has 0 spiro atoms. The van der Waals surface area contributed by atoms with E-state index in [4.69, 9.17) is 4.74 Å². The molecule has 2 amide bonds. The molecule has 6 nitrogen and oxygen atoms in total. The zero-order chi connectivity index (χ0) is 17.5. The van der Waals surface area contributed by atoms with E-state index in [2.05, 4.69) is 27.1 Å². The van der Waals surface area contributed by atoms with Crippen LogP contribution in [-0.4, -0.2) is 46.8 Å². The number of urea groups is 1. The van der Waals surface area contributed by atoms with Crippen LogP contribution < -0.4 is 4.90 Å². The number of benzene rings is 1. The first-order chi connectivity index (χ1) is 12.8. The Morgan fingerprint density at radius 2 is 2.00 bits per heavy atom. The number of aromatic nitrogens is 2. The predicted octanol–water partition coefficient (Wildman–Crippen LogP) is 3.51. The molecule has 0 bridgehead atoms. The molecule has 1 aromatic carbocycles. The van der Waals surface area contributed by atoms with Crippen LogP contribution in [0.5, 0.6) is 0 Å². The third-order valence-corrected chi connectivity index (χ3v) is 5.58. The SMILES string of the molecule is O=C(N1CCOCC1)N1Cn2c(cnc2-c2ccsc2)-c2ccccc21. The number of ether oxygens (including phenoxy) is 1. The summed E-state index contributed by atoms with van der Waals surface area (Å²) in [5, 5.41) is 4.13. The molecule has 0 aliphatic carbocycles. The molecular weight excluding hydrogens is 348 g/mol. The van der Waals surface area contributed by atoms with Crippen molar-refractivity contribution < 1.29 is 9.53 Å². The Kier molecular flexibility index (Phi) is 3.76. The fourth-order valence-corrected chi connectivity index (χ4v) is 4.22. The maximum Gasteiger partial charge on any atom is 0.326 e. The molecule has 4 heterocycles. The van der Waals surface area contributed by atoms with Gasteiger partial charge in [-0.3, -0.25) is 4.90 Å². The Hall–Kier alpha value is -2.64. The van der Waals surface area contributed by atoms with Crippen LogP contribution >= 0.6 is 11.3 Å². The second-order valence-corrected chi connectivity index (χ2v) is 7.16. The van der Waals surface area contributed by atoms with Gasteiger partial charge in [-0.15, -0.1) is 0 Å². The van der Waals surface area contributed by atoms with Crippen LogP contribution in [0.2, 0.25) is 0 Å². The Morgan fingerprint density at radius 1 is 1.15 bits per heavy atom. The molecule has 26 heavy (non-hydrogen) atoms. The number of carbonyl (C=O) groups excluding carboxylic acids is 1. The van der Waals surface area contributed by atoms with Gasteiger partial charge < -0.3 is 14.2 Å². The number of rotatable bonds is 1. The van der Waals surface area contributed by atoms with Crippen molar-refractivity contribution in [1.82, 2.24) is 14.5 Å². The van der Waals surface area contributed by atoms with Crippen LogP contribution in [0.15, 0.2) is 47.3 Å². The Morgan fingerprint density at radius 3 is 2.81 bits per heavy atom. The van der Waals surface area contributed by atoms with E-state index in [0.29, 0.717) is 33.0 Å². The summed E-state index contributed by atoms with van der Waals surface area (Å²) in [6.07, 6.45) is 1.91. The van der Waals surface area contributed by atoms with Gasteiger partial charge in [0.1, 0.15) is 12.5 Å². The Labute approximate surface area is 155 Å². The van der Waals surface area contributed by atoms with Gasteiger partial charge in [0.25, 0.3) is 0 Å². The third-order valence-electron chi connectivity index (χ3n) is 4.90. The number of fused-ring (bicyclic) bond motifs is 3. The summed E-state index contributed by atoms with van der Waals surface area (Å²) in [7, 11) is 0. The number of thiophene rings is 1. The van der Waals surface area contributed by atoms with Crippen LogP contribution in [0.4, 0.5) is 10.5 Å². The van der Waals surface area contributed by atoms with Crippen LogP contribution in [0.1, 0.15) is 0 Å². The number of amides is 2. The van der Waals surface area contributed by atoms with Gasteiger partial charge in [-0.25, -0.2) is 9.78 Å². The lowest BCUT2D eigenvalue weighted by Crippen LogP contribution is -2.49.